The molecule has 0 unspecified atom stereocenters. The van der Waals surface area contributed by atoms with Crippen molar-refractivity contribution in [1.29, 1.82) is 0 Å². The summed E-state index contributed by atoms with van der Waals surface area (Å²) in [5.41, 5.74) is -4.52. The first kappa shape index (κ1) is 16.1. The molecule has 0 saturated heterocycles. The predicted molar refractivity (Wildman–Crippen MR) is 48.0 cm³/mol. The second-order valence-corrected chi connectivity index (χ2v) is 5.44. The minimum Gasteiger partial charge on any atom is -0.305 e. The van der Waals surface area contributed by atoms with Crippen molar-refractivity contribution >= 4 is 29.3 Å². The molecule has 0 rings (SSSR count). The SMILES string of the molecule is C#CCC(OP(Cl)Cl)(C(F)(F)F)C(F)(F)F. The van der Waals surface area contributed by atoms with E-state index in [4.69, 9.17) is 22.5 Å². The van der Waals surface area contributed by atoms with Crippen molar-refractivity contribution in [3.05, 3.63) is 0 Å². The van der Waals surface area contributed by atoms with E-state index in [1.807, 2.05) is 0 Å². The van der Waals surface area contributed by atoms with Gasteiger partial charge >= 0.3 is 12.4 Å². The van der Waals surface area contributed by atoms with Crippen molar-refractivity contribution in [2.75, 3.05) is 0 Å². The Balaban J connectivity index is 5.52. The summed E-state index contributed by atoms with van der Waals surface area (Å²) in [5.74, 6) is 1.26. The van der Waals surface area contributed by atoms with Crippen molar-refractivity contribution in [2.24, 2.45) is 0 Å². The molecule has 0 N–H and O–H groups in total. The van der Waals surface area contributed by atoms with Gasteiger partial charge in [0.2, 0.25) is 6.85 Å². The van der Waals surface area contributed by atoms with Crippen molar-refractivity contribution in [3.8, 4) is 12.3 Å². The fraction of sp³-hybridized carbons (Fsp3) is 0.667. The van der Waals surface area contributed by atoms with Gasteiger partial charge in [-0.15, -0.1) is 12.3 Å². The van der Waals surface area contributed by atoms with E-state index < -0.39 is 31.2 Å². The second kappa shape index (κ2) is 5.18. The van der Waals surface area contributed by atoms with E-state index >= 15 is 0 Å². The van der Waals surface area contributed by atoms with Crippen LogP contribution >= 0.6 is 29.3 Å². The first-order valence-corrected chi connectivity index (χ1v) is 6.42. The molecule has 0 radical (unpaired) electrons. The summed E-state index contributed by atoms with van der Waals surface area (Å²) in [7, 11) is 0. The monoisotopic (exact) mass is 306 g/mol. The summed E-state index contributed by atoms with van der Waals surface area (Å²) in [5, 5.41) is 0. The van der Waals surface area contributed by atoms with Gasteiger partial charge in [0.25, 0.3) is 5.60 Å². The lowest BCUT2D eigenvalue weighted by Gasteiger charge is -2.35. The molecule has 0 spiro atoms. The molecule has 0 aromatic heterocycles. The number of rotatable bonds is 3. The second-order valence-electron chi connectivity index (χ2n) is 2.50. The predicted octanol–water partition coefficient (Wildman–Crippen LogP) is 4.59. The molecule has 10 heteroatoms. The average Bonchev–Trinajstić information content (AvgIpc) is 1.98. The maximum Gasteiger partial charge on any atom is 0.427 e. The highest BCUT2D eigenvalue weighted by molar-refractivity contribution is 8.00. The Morgan fingerprint density at radius 2 is 1.44 bits per heavy atom. The van der Waals surface area contributed by atoms with Crippen LogP contribution in [0.4, 0.5) is 26.3 Å². The van der Waals surface area contributed by atoms with Crippen LogP contribution in [0, 0.1) is 12.3 Å². The van der Waals surface area contributed by atoms with Crippen molar-refractivity contribution in [2.45, 2.75) is 24.4 Å². The van der Waals surface area contributed by atoms with Gasteiger partial charge in [-0.2, -0.15) is 26.3 Å². The molecule has 16 heavy (non-hydrogen) atoms. The maximum atomic E-state index is 12.4. The molecule has 0 amide bonds. The molecule has 1 nitrogen and oxygen atoms in total. The van der Waals surface area contributed by atoms with Gasteiger partial charge in [-0.25, -0.2) is 0 Å². The summed E-state index contributed by atoms with van der Waals surface area (Å²) in [6.45, 7) is -2.92. The number of halogens is 8. The Kier molecular flexibility index (Phi) is 5.21. The fourth-order valence-corrected chi connectivity index (χ4v) is 1.97. The van der Waals surface area contributed by atoms with Gasteiger partial charge < -0.3 is 4.52 Å². The summed E-state index contributed by atoms with van der Waals surface area (Å²) >= 11 is 9.70. The van der Waals surface area contributed by atoms with Crippen LogP contribution in [-0.4, -0.2) is 18.0 Å². The number of hydrogen-bond acceptors (Lipinski definition) is 1. The molecule has 0 aliphatic rings. The van der Waals surface area contributed by atoms with Crippen LogP contribution in [0.15, 0.2) is 0 Å². The molecular formula is C6H3Cl2F6OP. The molecule has 0 bridgehead atoms. The molecule has 0 fully saturated rings. The maximum absolute atomic E-state index is 12.4. The van der Waals surface area contributed by atoms with E-state index in [0.717, 1.165) is 0 Å². The van der Waals surface area contributed by atoms with Gasteiger partial charge in [0.15, 0.2) is 0 Å². The number of alkyl halides is 6. The summed E-state index contributed by atoms with van der Waals surface area (Å²) in [6.07, 6.45) is -8.80. The summed E-state index contributed by atoms with van der Waals surface area (Å²) in [6, 6.07) is 0. The average molecular weight is 307 g/mol. The lowest BCUT2D eigenvalue weighted by Crippen LogP contribution is -2.57. The van der Waals surface area contributed by atoms with Crippen LogP contribution in [0.5, 0.6) is 0 Å². The zero-order valence-electron chi connectivity index (χ0n) is 7.16. The quantitative estimate of drug-likeness (QED) is 0.421. The lowest BCUT2D eigenvalue weighted by atomic mass is 9.99. The Bertz CT molecular complexity index is 266. The molecule has 0 saturated carbocycles. The molecule has 94 valence electrons. The van der Waals surface area contributed by atoms with E-state index in [2.05, 4.69) is 10.9 Å². The summed E-state index contributed by atoms with van der Waals surface area (Å²) < 4.78 is 77.8. The third kappa shape index (κ3) is 3.30. The Morgan fingerprint density at radius 3 is 1.62 bits per heavy atom. The molecule has 0 aliphatic heterocycles. The minimum absolute atomic E-state index is 1.26. The molecule has 0 aliphatic carbocycles. The van der Waals surface area contributed by atoms with Crippen LogP contribution in [-0.2, 0) is 4.52 Å². The Morgan fingerprint density at radius 1 is 1.06 bits per heavy atom. The van der Waals surface area contributed by atoms with Crippen molar-refractivity contribution in [3.63, 3.8) is 0 Å². The highest BCUT2D eigenvalue weighted by Gasteiger charge is 2.72. The van der Waals surface area contributed by atoms with Crippen LogP contribution in [0.1, 0.15) is 6.42 Å². The molecule has 0 aromatic rings. The molecule has 0 heterocycles. The van der Waals surface area contributed by atoms with Crippen LogP contribution < -0.4 is 0 Å². The smallest absolute Gasteiger partial charge is 0.305 e. The van der Waals surface area contributed by atoms with E-state index in [9.17, 15) is 26.3 Å². The van der Waals surface area contributed by atoms with Gasteiger partial charge in [0.05, 0.1) is 6.42 Å². The normalized spacial score (nSPS) is 14.0. The van der Waals surface area contributed by atoms with Gasteiger partial charge in [-0.1, -0.05) is 0 Å². The number of hydrogen-bond donors (Lipinski definition) is 0. The van der Waals surface area contributed by atoms with Crippen molar-refractivity contribution < 1.29 is 30.9 Å². The topological polar surface area (TPSA) is 9.23 Å². The van der Waals surface area contributed by atoms with Gasteiger partial charge in [0.1, 0.15) is 0 Å². The summed E-state index contributed by atoms with van der Waals surface area (Å²) in [4.78, 5) is 0. The zero-order valence-corrected chi connectivity index (χ0v) is 9.57. The standard InChI is InChI=1S/C6H3Cl2F6OP/c1-2-3-4(5(9,10)11,6(12,13)14)15-16(7)8/h1H,3H2. The van der Waals surface area contributed by atoms with E-state index in [1.54, 1.807) is 0 Å². The Hall–Kier alpha value is 0.110. The van der Waals surface area contributed by atoms with E-state index in [-0.39, 0.29) is 0 Å². The molecular weight excluding hydrogens is 304 g/mol. The third-order valence-electron chi connectivity index (χ3n) is 1.49. The first-order valence-electron chi connectivity index (χ1n) is 3.35. The van der Waals surface area contributed by atoms with Gasteiger partial charge in [0, 0.05) is 0 Å². The van der Waals surface area contributed by atoms with Crippen LogP contribution in [0.2, 0.25) is 0 Å². The lowest BCUT2D eigenvalue weighted by molar-refractivity contribution is -0.353. The molecule has 0 atom stereocenters. The van der Waals surface area contributed by atoms with E-state index in [0.29, 0.717) is 0 Å². The van der Waals surface area contributed by atoms with Gasteiger partial charge in [-0.05, 0) is 22.5 Å². The van der Waals surface area contributed by atoms with Crippen LogP contribution in [0.25, 0.3) is 0 Å². The highest BCUT2D eigenvalue weighted by Crippen LogP contribution is 2.59. The largest absolute Gasteiger partial charge is 0.427 e. The minimum atomic E-state index is -5.76. The van der Waals surface area contributed by atoms with E-state index in [1.165, 1.54) is 5.92 Å². The fourth-order valence-electron chi connectivity index (χ4n) is 0.758. The third-order valence-corrected chi connectivity index (χ3v) is 2.36. The van der Waals surface area contributed by atoms with Gasteiger partial charge in [-0.3, -0.25) is 0 Å². The number of terminal acetylenes is 1. The van der Waals surface area contributed by atoms with Crippen molar-refractivity contribution in [1.82, 2.24) is 0 Å². The highest BCUT2D eigenvalue weighted by atomic mass is 35.9. The zero-order chi connectivity index (χ0) is 13.2. The Labute approximate surface area is 97.4 Å². The first-order chi connectivity index (χ1) is 6.98. The molecule has 0 aromatic carbocycles. The van der Waals surface area contributed by atoms with Crippen LogP contribution in [0.3, 0.4) is 0 Å².